The average molecular weight is 922 g/mol. The third kappa shape index (κ3) is 26.6. The van der Waals surface area contributed by atoms with E-state index in [9.17, 15) is 5.53 Å². The molecule has 1 aliphatic rings. The Hall–Kier alpha value is -2.88. The molecule has 0 atom stereocenters. The first kappa shape index (κ1) is 58.4. The summed E-state index contributed by atoms with van der Waals surface area (Å²) in [5.74, 6) is 0. The minimum Gasteiger partial charge on any atom is -0.493 e. The van der Waals surface area contributed by atoms with E-state index in [2.05, 4.69) is 86.9 Å². The van der Waals surface area contributed by atoms with Crippen LogP contribution in [-0.2, 0) is 0 Å². The molecular formula is C63H108N4. The van der Waals surface area contributed by atoms with E-state index in [1.54, 1.807) is 4.70 Å². The second kappa shape index (κ2) is 41.0. The second-order valence-corrected chi connectivity index (χ2v) is 20.8. The molecule has 1 aliphatic heterocycles. The van der Waals surface area contributed by atoms with E-state index in [1.165, 1.54) is 273 Å². The summed E-state index contributed by atoms with van der Waals surface area (Å²) in [5.41, 5.74) is 21.8. The average Bonchev–Trinajstić information content (AvgIpc) is 3.62. The molecule has 4 nitrogen and oxygen atoms in total. The van der Waals surface area contributed by atoms with Gasteiger partial charge in [0.05, 0.1) is 0 Å². The van der Waals surface area contributed by atoms with Crippen molar-refractivity contribution in [1.29, 1.82) is 0 Å². The number of unbranched alkanes of at least 4 members (excludes halogenated alkanes) is 35. The van der Waals surface area contributed by atoms with Gasteiger partial charge in [0.1, 0.15) is 0 Å². The van der Waals surface area contributed by atoms with Crippen LogP contribution in [0.1, 0.15) is 302 Å². The molecule has 0 fully saturated rings. The van der Waals surface area contributed by atoms with Crippen molar-refractivity contribution in [1.82, 2.24) is 0 Å². The summed E-state index contributed by atoms with van der Waals surface area (Å²) in [6, 6.07) is 17.9. The molecule has 0 bridgehead atoms. The van der Waals surface area contributed by atoms with E-state index in [0.717, 1.165) is 48.5 Å². The summed E-state index contributed by atoms with van der Waals surface area (Å²) in [5, 5.41) is 7.37. The van der Waals surface area contributed by atoms with Gasteiger partial charge in [-0.15, -0.1) is 0 Å². The van der Waals surface area contributed by atoms with Crippen molar-refractivity contribution in [2.45, 2.75) is 291 Å². The first-order valence-corrected chi connectivity index (χ1v) is 29.8. The maximum Gasteiger partial charge on any atom is 0.211 e. The minimum atomic E-state index is 1.01. The van der Waals surface area contributed by atoms with E-state index >= 15 is 0 Å². The Morgan fingerprint density at radius 2 is 0.522 bits per heavy atom. The Morgan fingerprint density at radius 1 is 0.299 bits per heavy atom. The predicted molar refractivity (Wildman–Crippen MR) is 299 cm³/mol. The molecule has 3 rings (SSSR count). The van der Waals surface area contributed by atoms with E-state index in [0.29, 0.717) is 0 Å². The Labute approximate surface area is 416 Å². The smallest absolute Gasteiger partial charge is 0.211 e. The molecule has 4 heteroatoms. The molecule has 2 N–H and O–H groups in total. The van der Waals surface area contributed by atoms with Crippen LogP contribution < -0.4 is 10.6 Å². The van der Waals surface area contributed by atoms with Crippen molar-refractivity contribution in [2.24, 2.45) is 0 Å². The quantitative estimate of drug-likeness (QED) is 0.0513. The number of nitrogens with zero attached hydrogens (tertiary/aromatic N) is 2. The lowest BCUT2D eigenvalue weighted by Crippen LogP contribution is -2.04. The fourth-order valence-corrected chi connectivity index (χ4v) is 10.4. The van der Waals surface area contributed by atoms with Crippen LogP contribution in [-0.4, -0.2) is 17.8 Å². The highest BCUT2D eigenvalue weighted by molar-refractivity contribution is 5.82. The maximum atomic E-state index is 12.4. The number of allylic oxidation sites excluding steroid dienone is 2. The molecule has 0 saturated carbocycles. The number of benzene rings is 2. The van der Waals surface area contributed by atoms with Crippen LogP contribution >= 0.6 is 0 Å². The van der Waals surface area contributed by atoms with Gasteiger partial charge in [-0.1, -0.05) is 252 Å². The fraction of sp³-hybridized carbons (Fsp3) is 0.746. The molecule has 67 heavy (non-hydrogen) atoms. The van der Waals surface area contributed by atoms with Crippen molar-refractivity contribution in [3.05, 3.63) is 76.3 Å². The molecule has 0 amide bonds. The molecule has 1 heterocycles. The Kier molecular flexibility index (Phi) is 35.7. The monoisotopic (exact) mass is 921 g/mol. The molecule has 0 unspecified atom stereocenters. The minimum absolute atomic E-state index is 1.01. The first-order valence-electron chi connectivity index (χ1n) is 29.8. The first-order chi connectivity index (χ1) is 33.1. The summed E-state index contributed by atoms with van der Waals surface area (Å²) < 4.78 is 1.59. The Balaban J connectivity index is 1.59. The highest BCUT2D eigenvalue weighted by atomic mass is 15.2. The van der Waals surface area contributed by atoms with Crippen molar-refractivity contribution in [3.63, 3.8) is 0 Å². The standard InChI is InChI=1S/C63H108N4/c1-5-9-13-17-21-22-23-24-25-26-27-28-29-30-31-32-33-34-35-37-41-45-61-60(44-40-36-18-14-10-6-2)62(56-46-50-58(51-47-56)65-54-42-38-19-15-11-7-3)67(64)63(61)57-48-52-59(53-49-57)66-55-43-39-20-16-12-8-4/h46-53,65-66H,5-45,54-55H2,1-4H3. The molecule has 0 radical (unpaired) electrons. The highest BCUT2D eigenvalue weighted by Gasteiger charge is 2.35. The second-order valence-electron chi connectivity index (χ2n) is 20.8. The van der Waals surface area contributed by atoms with Gasteiger partial charge < -0.3 is 16.2 Å². The topological polar surface area (TPSA) is 49.4 Å². The lowest BCUT2D eigenvalue weighted by molar-refractivity contribution is -0.345. The molecule has 0 aliphatic carbocycles. The zero-order chi connectivity index (χ0) is 47.7. The van der Waals surface area contributed by atoms with Crippen molar-refractivity contribution >= 4 is 22.8 Å². The third-order valence-corrected chi connectivity index (χ3v) is 14.7. The molecular weight excluding hydrogens is 813 g/mol. The van der Waals surface area contributed by atoms with Gasteiger partial charge in [0.15, 0.2) is 0 Å². The summed E-state index contributed by atoms with van der Waals surface area (Å²) in [7, 11) is 0. The van der Waals surface area contributed by atoms with Crippen LogP contribution in [0.5, 0.6) is 0 Å². The van der Waals surface area contributed by atoms with Gasteiger partial charge in [-0.05, 0) is 87.1 Å². The number of nitrogens with one attached hydrogen (secondary N) is 2. The van der Waals surface area contributed by atoms with E-state index in [1.807, 2.05) is 0 Å². The molecule has 380 valence electrons. The van der Waals surface area contributed by atoms with E-state index < -0.39 is 0 Å². The lowest BCUT2D eigenvalue weighted by Gasteiger charge is -2.12. The zero-order valence-electron chi connectivity index (χ0n) is 44.9. The number of rotatable bonds is 47. The van der Waals surface area contributed by atoms with Crippen molar-refractivity contribution < 1.29 is 4.70 Å². The van der Waals surface area contributed by atoms with Gasteiger partial charge >= 0.3 is 0 Å². The largest absolute Gasteiger partial charge is 0.493 e. The Bertz CT molecular complexity index is 1530. The fourth-order valence-electron chi connectivity index (χ4n) is 10.4. The lowest BCUT2D eigenvalue weighted by atomic mass is 9.91. The van der Waals surface area contributed by atoms with Gasteiger partial charge in [0, 0.05) is 46.7 Å². The molecule has 0 aromatic heterocycles. The highest BCUT2D eigenvalue weighted by Crippen LogP contribution is 2.45. The van der Waals surface area contributed by atoms with Crippen LogP contribution in [0.3, 0.4) is 0 Å². The van der Waals surface area contributed by atoms with Crippen molar-refractivity contribution in [2.75, 3.05) is 23.7 Å². The number of hydrogen-bond acceptors (Lipinski definition) is 2. The van der Waals surface area contributed by atoms with Gasteiger partial charge in [-0.25, -0.2) is 4.70 Å². The molecule has 2 aromatic rings. The number of anilines is 2. The molecule has 2 aromatic carbocycles. The zero-order valence-corrected chi connectivity index (χ0v) is 44.9. The predicted octanol–water partition coefficient (Wildman–Crippen LogP) is 21.8. The van der Waals surface area contributed by atoms with Crippen LogP contribution in [0.2, 0.25) is 0 Å². The van der Waals surface area contributed by atoms with Crippen LogP contribution in [0.15, 0.2) is 59.7 Å². The van der Waals surface area contributed by atoms with Gasteiger partial charge in [-0.3, -0.25) is 0 Å². The maximum absolute atomic E-state index is 12.4. The molecule has 0 saturated heterocycles. The summed E-state index contributed by atoms with van der Waals surface area (Å²) in [4.78, 5) is 0. The Morgan fingerprint density at radius 3 is 0.776 bits per heavy atom. The van der Waals surface area contributed by atoms with Gasteiger partial charge in [-0.2, -0.15) is 0 Å². The normalized spacial score (nSPS) is 12.9. The van der Waals surface area contributed by atoms with Crippen LogP contribution in [0.25, 0.3) is 16.9 Å². The van der Waals surface area contributed by atoms with E-state index in [-0.39, 0.29) is 0 Å². The SMILES string of the molecule is CCCCCCCCCCCCCCCCCCCCCCCC1=C(c2ccc(NCCCCCCCC)cc2)[N+](=[N-])C(c2ccc(NCCCCCCCC)cc2)=C1CCCCCCCC. The molecule has 0 spiro atoms. The summed E-state index contributed by atoms with van der Waals surface area (Å²) >= 11 is 0. The summed E-state index contributed by atoms with van der Waals surface area (Å²) in [6.07, 6.45) is 55.0. The van der Waals surface area contributed by atoms with E-state index in [4.69, 9.17) is 0 Å². The van der Waals surface area contributed by atoms with Gasteiger partial charge in [0.25, 0.3) is 0 Å². The van der Waals surface area contributed by atoms with Crippen molar-refractivity contribution in [3.8, 4) is 0 Å². The van der Waals surface area contributed by atoms with Crippen LogP contribution in [0, 0.1) is 0 Å². The third-order valence-electron chi connectivity index (χ3n) is 14.7. The summed E-state index contributed by atoms with van der Waals surface area (Å²) in [6.45, 7) is 11.2. The number of hydrogen-bond donors (Lipinski definition) is 2. The van der Waals surface area contributed by atoms with Crippen LogP contribution in [0.4, 0.5) is 11.4 Å². The van der Waals surface area contributed by atoms with Gasteiger partial charge in [0.2, 0.25) is 11.4 Å².